The van der Waals surface area contributed by atoms with Crippen molar-refractivity contribution >= 4 is 23.1 Å². The van der Waals surface area contributed by atoms with Gasteiger partial charge in [0.25, 0.3) is 0 Å². The number of carbonyl (C=O) groups excluding carboxylic acids is 2. The van der Waals surface area contributed by atoms with E-state index in [0.29, 0.717) is 16.9 Å². The lowest BCUT2D eigenvalue weighted by Crippen LogP contribution is -2.14. The van der Waals surface area contributed by atoms with Gasteiger partial charge < -0.3 is 5.32 Å². The standard InChI is InChI=1S/C15H16N4O4/c1-10-14(19(22)23)9-18(17-10)8-7-15(21)16-13-5-3-12(4-6-13)11(2)20/h3-6,9H,7-8H2,1-2H3,(H,16,21). The fourth-order valence-corrected chi connectivity index (χ4v) is 2.03. The molecule has 1 amide bonds. The molecule has 1 heterocycles. The second-order valence-corrected chi connectivity index (χ2v) is 5.05. The van der Waals surface area contributed by atoms with Crippen LogP contribution in [0.2, 0.25) is 0 Å². The minimum Gasteiger partial charge on any atom is -0.326 e. The van der Waals surface area contributed by atoms with Crippen LogP contribution in [-0.2, 0) is 11.3 Å². The van der Waals surface area contributed by atoms with Gasteiger partial charge in [-0.05, 0) is 38.1 Å². The molecule has 0 radical (unpaired) electrons. The Morgan fingerprint density at radius 1 is 1.30 bits per heavy atom. The normalized spacial score (nSPS) is 10.3. The number of nitrogens with one attached hydrogen (secondary N) is 1. The molecular formula is C15H16N4O4. The molecule has 0 aliphatic heterocycles. The minimum absolute atomic E-state index is 0.0430. The number of benzene rings is 1. The van der Waals surface area contributed by atoms with E-state index in [0.717, 1.165) is 0 Å². The van der Waals surface area contributed by atoms with Gasteiger partial charge in [0, 0.05) is 24.2 Å². The van der Waals surface area contributed by atoms with Crippen LogP contribution in [0, 0.1) is 17.0 Å². The maximum absolute atomic E-state index is 11.9. The molecular weight excluding hydrogens is 300 g/mol. The van der Waals surface area contributed by atoms with Crippen molar-refractivity contribution in [3.63, 3.8) is 0 Å². The summed E-state index contributed by atoms with van der Waals surface area (Å²) in [5, 5.41) is 17.4. The summed E-state index contributed by atoms with van der Waals surface area (Å²) >= 11 is 0. The molecule has 0 aliphatic carbocycles. The third-order valence-electron chi connectivity index (χ3n) is 3.26. The highest BCUT2D eigenvalue weighted by molar-refractivity contribution is 5.95. The monoisotopic (exact) mass is 316 g/mol. The lowest BCUT2D eigenvalue weighted by Gasteiger charge is -2.06. The molecule has 2 aromatic rings. The minimum atomic E-state index is -0.504. The number of nitrogens with zero attached hydrogens (tertiary/aromatic N) is 3. The zero-order chi connectivity index (χ0) is 17.0. The predicted octanol–water partition coefficient (Wildman–Crippen LogP) is 2.33. The van der Waals surface area contributed by atoms with Crippen molar-refractivity contribution in [3.05, 3.63) is 51.8 Å². The van der Waals surface area contributed by atoms with Crippen LogP contribution < -0.4 is 5.32 Å². The molecule has 2 rings (SSSR count). The highest BCUT2D eigenvalue weighted by Gasteiger charge is 2.15. The van der Waals surface area contributed by atoms with Gasteiger partial charge in [-0.3, -0.25) is 24.4 Å². The molecule has 0 aliphatic rings. The van der Waals surface area contributed by atoms with E-state index in [1.807, 2.05) is 0 Å². The van der Waals surface area contributed by atoms with Gasteiger partial charge >= 0.3 is 5.69 Å². The Morgan fingerprint density at radius 2 is 1.96 bits per heavy atom. The van der Waals surface area contributed by atoms with Gasteiger partial charge in [0.15, 0.2) is 5.78 Å². The maximum atomic E-state index is 11.9. The number of hydrogen-bond acceptors (Lipinski definition) is 5. The first-order valence-corrected chi connectivity index (χ1v) is 6.96. The summed E-state index contributed by atoms with van der Waals surface area (Å²) in [7, 11) is 0. The van der Waals surface area contributed by atoms with E-state index in [9.17, 15) is 19.7 Å². The molecule has 1 N–H and O–H groups in total. The predicted molar refractivity (Wildman–Crippen MR) is 83.3 cm³/mol. The molecule has 1 aromatic carbocycles. The number of anilines is 1. The van der Waals surface area contributed by atoms with E-state index in [2.05, 4.69) is 10.4 Å². The lowest BCUT2D eigenvalue weighted by atomic mass is 10.1. The summed E-state index contributed by atoms with van der Waals surface area (Å²) in [5.41, 5.74) is 1.41. The molecule has 8 heteroatoms. The number of aromatic nitrogens is 2. The van der Waals surface area contributed by atoms with Gasteiger partial charge in [-0.25, -0.2) is 0 Å². The first-order valence-electron chi connectivity index (χ1n) is 6.96. The number of hydrogen-bond donors (Lipinski definition) is 1. The zero-order valence-corrected chi connectivity index (χ0v) is 12.8. The Bertz CT molecular complexity index is 749. The number of carbonyl (C=O) groups is 2. The molecule has 0 spiro atoms. The van der Waals surface area contributed by atoms with Gasteiger partial charge in [0.05, 0.1) is 4.92 Å². The van der Waals surface area contributed by atoms with Crippen LogP contribution in [0.3, 0.4) is 0 Å². The van der Waals surface area contributed by atoms with Crippen molar-refractivity contribution in [3.8, 4) is 0 Å². The van der Waals surface area contributed by atoms with Crippen LogP contribution in [0.4, 0.5) is 11.4 Å². The Balaban J connectivity index is 1.91. The SMILES string of the molecule is CC(=O)c1ccc(NC(=O)CCn2cc([N+](=O)[O-])c(C)n2)cc1. The first-order chi connectivity index (χ1) is 10.9. The number of Topliss-reactive ketones (excluding diaryl/α,β-unsaturated/α-hetero) is 1. The van der Waals surface area contributed by atoms with Crippen LogP contribution in [0.5, 0.6) is 0 Å². The van der Waals surface area contributed by atoms with Crippen molar-refractivity contribution in [2.24, 2.45) is 0 Å². The Kier molecular flexibility index (Phi) is 4.85. The molecule has 23 heavy (non-hydrogen) atoms. The van der Waals surface area contributed by atoms with Gasteiger partial charge in [-0.1, -0.05) is 0 Å². The van der Waals surface area contributed by atoms with Crippen LogP contribution in [0.25, 0.3) is 0 Å². The largest absolute Gasteiger partial charge is 0.326 e. The number of rotatable bonds is 6. The highest BCUT2D eigenvalue weighted by Crippen LogP contribution is 2.15. The van der Waals surface area contributed by atoms with Crippen molar-refractivity contribution in [1.29, 1.82) is 0 Å². The van der Waals surface area contributed by atoms with Crippen molar-refractivity contribution in [1.82, 2.24) is 9.78 Å². The molecule has 120 valence electrons. The maximum Gasteiger partial charge on any atom is 0.309 e. The van der Waals surface area contributed by atoms with Crippen LogP contribution in [0.1, 0.15) is 29.4 Å². The fourth-order valence-electron chi connectivity index (χ4n) is 2.03. The Hall–Kier alpha value is -3.03. The van der Waals surface area contributed by atoms with Crippen molar-refractivity contribution < 1.29 is 14.5 Å². The van der Waals surface area contributed by atoms with E-state index >= 15 is 0 Å². The second-order valence-electron chi connectivity index (χ2n) is 5.05. The quantitative estimate of drug-likeness (QED) is 0.500. The smallest absolute Gasteiger partial charge is 0.309 e. The van der Waals surface area contributed by atoms with E-state index in [4.69, 9.17) is 0 Å². The van der Waals surface area contributed by atoms with E-state index in [-0.39, 0.29) is 30.3 Å². The molecule has 0 atom stereocenters. The van der Waals surface area contributed by atoms with Crippen LogP contribution >= 0.6 is 0 Å². The average Bonchev–Trinajstić information content (AvgIpc) is 2.87. The molecule has 0 fully saturated rings. The van der Waals surface area contributed by atoms with E-state index < -0.39 is 4.92 Å². The molecule has 1 aromatic heterocycles. The van der Waals surface area contributed by atoms with Gasteiger partial charge in [0.2, 0.25) is 5.91 Å². The summed E-state index contributed by atoms with van der Waals surface area (Å²) in [6, 6.07) is 6.57. The number of nitro groups is 1. The van der Waals surface area contributed by atoms with Gasteiger partial charge in [0.1, 0.15) is 11.9 Å². The van der Waals surface area contributed by atoms with Crippen LogP contribution in [-0.4, -0.2) is 26.4 Å². The molecule has 0 saturated heterocycles. The summed E-state index contributed by atoms with van der Waals surface area (Å²) < 4.78 is 1.38. The summed E-state index contributed by atoms with van der Waals surface area (Å²) in [6.07, 6.45) is 1.44. The molecule has 0 saturated carbocycles. The Labute approximate surface area is 132 Å². The first kappa shape index (κ1) is 16.3. The zero-order valence-electron chi connectivity index (χ0n) is 12.8. The Morgan fingerprint density at radius 3 is 2.48 bits per heavy atom. The third kappa shape index (κ3) is 4.22. The van der Waals surface area contributed by atoms with Gasteiger partial charge in [-0.2, -0.15) is 5.10 Å². The summed E-state index contributed by atoms with van der Waals surface area (Å²) in [5.74, 6) is -0.282. The van der Waals surface area contributed by atoms with Crippen molar-refractivity contribution in [2.75, 3.05) is 5.32 Å². The van der Waals surface area contributed by atoms with Crippen LogP contribution in [0.15, 0.2) is 30.5 Å². The third-order valence-corrected chi connectivity index (χ3v) is 3.26. The molecule has 0 bridgehead atoms. The second kappa shape index (κ2) is 6.82. The highest BCUT2D eigenvalue weighted by atomic mass is 16.6. The lowest BCUT2D eigenvalue weighted by molar-refractivity contribution is -0.385. The summed E-state index contributed by atoms with van der Waals surface area (Å²) in [6.45, 7) is 3.26. The molecule has 8 nitrogen and oxygen atoms in total. The van der Waals surface area contributed by atoms with Gasteiger partial charge in [-0.15, -0.1) is 0 Å². The summed E-state index contributed by atoms with van der Waals surface area (Å²) in [4.78, 5) is 33.3. The fraction of sp³-hybridized carbons (Fsp3) is 0.267. The average molecular weight is 316 g/mol. The van der Waals surface area contributed by atoms with Crippen molar-refractivity contribution in [2.45, 2.75) is 26.8 Å². The van der Waals surface area contributed by atoms with E-state index in [1.165, 1.54) is 17.8 Å². The number of aryl methyl sites for hydroxylation is 2. The number of amides is 1. The molecule has 0 unspecified atom stereocenters. The number of ketones is 1. The topological polar surface area (TPSA) is 107 Å². The van der Waals surface area contributed by atoms with E-state index in [1.54, 1.807) is 31.2 Å².